The highest BCUT2D eigenvalue weighted by Crippen LogP contribution is 2.29. The summed E-state index contributed by atoms with van der Waals surface area (Å²) in [6.07, 6.45) is 0. The number of fused-ring (bicyclic) bond motifs is 2. The van der Waals surface area contributed by atoms with Crippen molar-refractivity contribution in [3.05, 3.63) is 98.5 Å². The van der Waals surface area contributed by atoms with E-state index >= 15 is 0 Å². The van der Waals surface area contributed by atoms with Crippen LogP contribution in [0, 0.1) is 0 Å². The summed E-state index contributed by atoms with van der Waals surface area (Å²) < 4.78 is 4.98. The van der Waals surface area contributed by atoms with E-state index in [9.17, 15) is 19.2 Å². The van der Waals surface area contributed by atoms with Crippen molar-refractivity contribution in [1.82, 2.24) is 0 Å². The second-order valence-corrected chi connectivity index (χ2v) is 7.48. The molecular formula is C23H13Cl2NO5. The predicted octanol–water partition coefficient (Wildman–Crippen LogP) is 4.56. The van der Waals surface area contributed by atoms with Crippen LogP contribution in [0.25, 0.3) is 0 Å². The highest BCUT2D eigenvalue weighted by molar-refractivity contribution is 6.43. The molecule has 1 aliphatic rings. The van der Waals surface area contributed by atoms with Crippen LogP contribution >= 0.6 is 23.2 Å². The lowest BCUT2D eigenvalue weighted by molar-refractivity contribution is -0.119. The molecule has 1 amide bonds. The Labute approximate surface area is 186 Å². The zero-order chi connectivity index (χ0) is 22.1. The maximum Gasteiger partial charge on any atom is 0.340 e. The molecule has 0 aliphatic heterocycles. The van der Waals surface area contributed by atoms with Crippen molar-refractivity contribution in [2.75, 3.05) is 11.9 Å². The van der Waals surface area contributed by atoms with Gasteiger partial charge in [-0.25, -0.2) is 4.79 Å². The van der Waals surface area contributed by atoms with Gasteiger partial charge in [-0.15, -0.1) is 0 Å². The van der Waals surface area contributed by atoms with Gasteiger partial charge in [0.05, 0.1) is 15.6 Å². The van der Waals surface area contributed by atoms with E-state index in [1.807, 2.05) is 0 Å². The van der Waals surface area contributed by atoms with Gasteiger partial charge in [-0.1, -0.05) is 53.5 Å². The number of carbonyl (C=O) groups excluding carboxylic acids is 4. The maximum atomic E-state index is 12.8. The minimum absolute atomic E-state index is 0.0349. The van der Waals surface area contributed by atoms with Crippen LogP contribution in [0.2, 0.25) is 10.0 Å². The van der Waals surface area contributed by atoms with Crippen molar-refractivity contribution in [2.45, 2.75) is 0 Å². The Morgan fingerprint density at radius 1 is 0.806 bits per heavy atom. The summed E-state index contributed by atoms with van der Waals surface area (Å²) in [5.74, 6) is -1.98. The molecule has 0 heterocycles. The van der Waals surface area contributed by atoms with Crippen molar-refractivity contribution in [3.63, 3.8) is 0 Å². The standard InChI is InChI=1S/C23H13Cl2NO5/c24-18-7-3-6-16(20(18)25)23(30)31-11-19(27)26-12-8-9-15-17(10-12)22(29)14-5-2-1-4-13(14)21(15)28/h1-10H,11H2,(H,26,27). The van der Waals surface area contributed by atoms with E-state index in [-0.39, 0.29) is 38.3 Å². The molecule has 0 unspecified atom stereocenters. The topological polar surface area (TPSA) is 89.5 Å². The summed E-state index contributed by atoms with van der Waals surface area (Å²) in [6, 6.07) is 15.5. The number of ketones is 2. The van der Waals surface area contributed by atoms with Crippen LogP contribution in [0.1, 0.15) is 42.2 Å². The summed E-state index contributed by atoms with van der Waals surface area (Å²) in [4.78, 5) is 49.7. The average Bonchev–Trinajstić information content (AvgIpc) is 2.77. The third-order valence-corrected chi connectivity index (χ3v) is 5.53. The summed E-state index contributed by atoms with van der Waals surface area (Å²) in [6.45, 7) is -0.575. The molecule has 3 aromatic carbocycles. The molecule has 8 heteroatoms. The van der Waals surface area contributed by atoms with Crippen LogP contribution in [-0.2, 0) is 9.53 Å². The first-order valence-electron chi connectivity index (χ1n) is 9.10. The molecule has 0 atom stereocenters. The molecule has 1 aliphatic carbocycles. The van der Waals surface area contributed by atoms with E-state index in [0.717, 1.165) is 0 Å². The molecule has 31 heavy (non-hydrogen) atoms. The summed E-state index contributed by atoms with van der Waals surface area (Å²) in [7, 11) is 0. The number of anilines is 1. The van der Waals surface area contributed by atoms with E-state index in [1.54, 1.807) is 24.3 Å². The second-order valence-electron chi connectivity index (χ2n) is 6.69. The Morgan fingerprint density at radius 2 is 1.45 bits per heavy atom. The van der Waals surface area contributed by atoms with E-state index in [4.69, 9.17) is 27.9 Å². The van der Waals surface area contributed by atoms with Crippen molar-refractivity contribution < 1.29 is 23.9 Å². The molecule has 0 saturated carbocycles. The van der Waals surface area contributed by atoms with Crippen LogP contribution in [0.4, 0.5) is 5.69 Å². The second kappa shape index (κ2) is 8.34. The zero-order valence-corrected chi connectivity index (χ0v) is 17.3. The summed E-state index contributed by atoms with van der Waals surface area (Å²) >= 11 is 11.8. The average molecular weight is 454 g/mol. The van der Waals surface area contributed by atoms with E-state index in [0.29, 0.717) is 16.8 Å². The first kappa shape index (κ1) is 20.8. The van der Waals surface area contributed by atoms with Crippen LogP contribution in [0.5, 0.6) is 0 Å². The lowest BCUT2D eigenvalue weighted by Gasteiger charge is -2.18. The molecule has 0 radical (unpaired) electrons. The van der Waals surface area contributed by atoms with Crippen molar-refractivity contribution >= 4 is 52.3 Å². The van der Waals surface area contributed by atoms with Gasteiger partial charge in [0, 0.05) is 27.9 Å². The first-order chi connectivity index (χ1) is 14.9. The van der Waals surface area contributed by atoms with Gasteiger partial charge in [-0.05, 0) is 30.3 Å². The molecule has 1 N–H and O–H groups in total. The molecule has 0 saturated heterocycles. The third kappa shape index (κ3) is 3.95. The third-order valence-electron chi connectivity index (χ3n) is 4.71. The van der Waals surface area contributed by atoms with Gasteiger partial charge in [0.1, 0.15) is 0 Å². The number of amides is 1. The smallest absolute Gasteiger partial charge is 0.340 e. The van der Waals surface area contributed by atoms with Gasteiger partial charge in [0.2, 0.25) is 0 Å². The number of hydrogen-bond acceptors (Lipinski definition) is 5. The van der Waals surface area contributed by atoms with Crippen LogP contribution in [0.3, 0.4) is 0 Å². The van der Waals surface area contributed by atoms with Gasteiger partial charge in [0.15, 0.2) is 18.2 Å². The molecule has 0 aromatic heterocycles. The lowest BCUT2D eigenvalue weighted by Crippen LogP contribution is -2.23. The molecule has 154 valence electrons. The molecule has 0 fully saturated rings. The SMILES string of the molecule is O=C(COC(=O)c1cccc(Cl)c1Cl)Nc1ccc2c(c1)C(=O)c1ccccc1C2=O. The summed E-state index contributed by atoms with van der Waals surface area (Å²) in [5.41, 5.74) is 1.46. The zero-order valence-electron chi connectivity index (χ0n) is 15.8. The van der Waals surface area contributed by atoms with Gasteiger partial charge < -0.3 is 10.1 Å². The fraction of sp³-hybridized carbons (Fsp3) is 0.0435. The Kier molecular flexibility index (Phi) is 5.59. The maximum absolute atomic E-state index is 12.8. The minimum Gasteiger partial charge on any atom is -0.452 e. The number of halogens is 2. The Hall–Kier alpha value is -3.48. The molecule has 0 bridgehead atoms. The minimum atomic E-state index is -0.800. The molecule has 0 spiro atoms. The number of rotatable bonds is 4. The van der Waals surface area contributed by atoms with Gasteiger partial charge in [-0.3, -0.25) is 14.4 Å². The fourth-order valence-electron chi connectivity index (χ4n) is 3.24. The van der Waals surface area contributed by atoms with Crippen LogP contribution in [-0.4, -0.2) is 30.0 Å². The predicted molar refractivity (Wildman–Crippen MR) is 115 cm³/mol. The Morgan fingerprint density at radius 3 is 2.16 bits per heavy atom. The summed E-state index contributed by atoms with van der Waals surface area (Å²) in [5, 5.41) is 2.77. The van der Waals surface area contributed by atoms with Crippen LogP contribution < -0.4 is 5.32 Å². The largest absolute Gasteiger partial charge is 0.452 e. The molecule has 3 aromatic rings. The number of esters is 1. The fourth-order valence-corrected chi connectivity index (χ4v) is 3.62. The normalized spacial score (nSPS) is 12.1. The van der Waals surface area contributed by atoms with E-state index in [1.165, 1.54) is 36.4 Å². The Bertz CT molecular complexity index is 1270. The first-order valence-corrected chi connectivity index (χ1v) is 9.86. The Balaban J connectivity index is 1.46. The monoisotopic (exact) mass is 453 g/mol. The van der Waals surface area contributed by atoms with Crippen molar-refractivity contribution in [1.29, 1.82) is 0 Å². The van der Waals surface area contributed by atoms with Crippen molar-refractivity contribution in [3.8, 4) is 0 Å². The molecular weight excluding hydrogens is 441 g/mol. The van der Waals surface area contributed by atoms with Gasteiger partial charge in [0.25, 0.3) is 5.91 Å². The number of nitrogens with one attached hydrogen (secondary N) is 1. The van der Waals surface area contributed by atoms with E-state index in [2.05, 4.69) is 5.32 Å². The number of hydrogen-bond donors (Lipinski definition) is 1. The van der Waals surface area contributed by atoms with Crippen LogP contribution in [0.15, 0.2) is 60.7 Å². The van der Waals surface area contributed by atoms with Crippen molar-refractivity contribution in [2.24, 2.45) is 0 Å². The highest BCUT2D eigenvalue weighted by Gasteiger charge is 2.29. The number of benzene rings is 3. The van der Waals surface area contributed by atoms with Gasteiger partial charge in [-0.2, -0.15) is 0 Å². The van der Waals surface area contributed by atoms with E-state index < -0.39 is 18.5 Å². The van der Waals surface area contributed by atoms with Gasteiger partial charge >= 0.3 is 5.97 Å². The number of carbonyl (C=O) groups is 4. The quantitative estimate of drug-likeness (QED) is 0.457. The highest BCUT2D eigenvalue weighted by atomic mass is 35.5. The lowest BCUT2D eigenvalue weighted by atomic mass is 9.84. The molecule has 4 rings (SSSR count). The number of ether oxygens (including phenoxy) is 1. The molecule has 6 nitrogen and oxygen atoms in total.